The van der Waals surface area contributed by atoms with Gasteiger partial charge >= 0.3 is 6.18 Å². The van der Waals surface area contributed by atoms with Crippen molar-refractivity contribution in [2.24, 2.45) is 0 Å². The van der Waals surface area contributed by atoms with Crippen LogP contribution in [0.1, 0.15) is 39.7 Å². The maximum absolute atomic E-state index is 13.9. The van der Waals surface area contributed by atoms with Gasteiger partial charge in [-0.25, -0.2) is 8.93 Å². The fraction of sp³-hybridized carbons (Fsp3) is 0.500. The maximum Gasteiger partial charge on any atom is 0.411 e. The first kappa shape index (κ1) is 18.9. The van der Waals surface area contributed by atoms with Crippen LogP contribution in [0, 0.1) is 0 Å². The van der Waals surface area contributed by atoms with E-state index in [9.17, 15) is 17.4 Å². The van der Waals surface area contributed by atoms with Gasteiger partial charge in [0.25, 0.3) is 0 Å². The Morgan fingerprint density at radius 3 is 2.05 bits per heavy atom. The van der Waals surface area contributed by atoms with Gasteiger partial charge in [0, 0.05) is 0 Å². The zero-order valence-electron chi connectivity index (χ0n) is 13.3. The Labute approximate surface area is 132 Å². The molecule has 0 radical (unpaired) electrons. The molecule has 0 aliphatic heterocycles. The number of rotatable bonds is 5. The van der Waals surface area contributed by atoms with Crippen LogP contribution >= 0.6 is 0 Å². The predicted molar refractivity (Wildman–Crippen MR) is 84.6 cm³/mol. The molecule has 0 bridgehead atoms. The molecule has 0 fully saturated rings. The molecule has 0 aliphatic rings. The Bertz CT molecular complexity index is 549. The summed E-state index contributed by atoms with van der Waals surface area (Å²) in [5.74, 6) is 0. The van der Waals surface area contributed by atoms with Gasteiger partial charge in [0.15, 0.2) is 5.54 Å². The fourth-order valence-corrected chi connectivity index (χ4v) is 2.93. The highest BCUT2D eigenvalue weighted by molar-refractivity contribution is 7.84. The summed E-state index contributed by atoms with van der Waals surface area (Å²) in [6.07, 6.45) is -4.99. The highest BCUT2D eigenvalue weighted by Crippen LogP contribution is 2.44. The van der Waals surface area contributed by atoms with Crippen LogP contribution in [0.3, 0.4) is 0 Å². The van der Waals surface area contributed by atoms with Crippen molar-refractivity contribution in [3.63, 3.8) is 0 Å². The zero-order chi connectivity index (χ0) is 17.2. The highest BCUT2D eigenvalue weighted by atomic mass is 32.2. The molecule has 0 amide bonds. The SMILES string of the molecule is C=C(C)C[C@](NS(=O)C(C)(C)C)(c1ccccc1)C(F)(F)F. The molecule has 0 spiro atoms. The number of benzene rings is 1. The van der Waals surface area contributed by atoms with E-state index in [1.54, 1.807) is 26.8 Å². The average Bonchev–Trinajstić information content (AvgIpc) is 2.35. The number of halogens is 3. The summed E-state index contributed by atoms with van der Waals surface area (Å²) in [4.78, 5) is 0. The van der Waals surface area contributed by atoms with E-state index in [0.717, 1.165) is 0 Å². The molecule has 22 heavy (non-hydrogen) atoms. The molecule has 1 aromatic rings. The quantitative estimate of drug-likeness (QED) is 0.792. The Kier molecular flexibility index (Phi) is 5.62. The maximum atomic E-state index is 13.9. The van der Waals surface area contributed by atoms with E-state index in [1.807, 2.05) is 0 Å². The Morgan fingerprint density at radius 1 is 1.18 bits per heavy atom. The first-order valence-electron chi connectivity index (χ1n) is 6.86. The Morgan fingerprint density at radius 2 is 1.68 bits per heavy atom. The average molecular weight is 333 g/mol. The lowest BCUT2D eigenvalue weighted by Crippen LogP contribution is -2.57. The normalized spacial score (nSPS) is 16.9. The van der Waals surface area contributed by atoms with Crippen molar-refractivity contribution in [3.8, 4) is 0 Å². The number of nitrogens with one attached hydrogen (secondary N) is 1. The molecule has 1 aromatic carbocycles. The molecule has 1 unspecified atom stereocenters. The Balaban J connectivity index is 3.47. The fourth-order valence-electron chi connectivity index (χ4n) is 2.01. The van der Waals surface area contributed by atoms with Gasteiger partial charge in [-0.2, -0.15) is 13.2 Å². The molecule has 0 saturated heterocycles. The largest absolute Gasteiger partial charge is 0.411 e. The van der Waals surface area contributed by atoms with Crippen LogP contribution in [0.4, 0.5) is 13.2 Å². The predicted octanol–water partition coefficient (Wildman–Crippen LogP) is 4.46. The summed E-state index contributed by atoms with van der Waals surface area (Å²) < 4.78 is 55.7. The van der Waals surface area contributed by atoms with Crippen LogP contribution in [0.25, 0.3) is 0 Å². The second-order valence-electron chi connectivity index (χ2n) is 6.39. The van der Waals surface area contributed by atoms with Crippen LogP contribution < -0.4 is 4.72 Å². The molecule has 1 rings (SSSR count). The molecular formula is C16H22F3NOS. The van der Waals surface area contributed by atoms with Crippen LogP contribution in [-0.4, -0.2) is 15.1 Å². The Hall–Kier alpha value is -1.14. The molecule has 0 aliphatic carbocycles. The van der Waals surface area contributed by atoms with Crippen LogP contribution in [0.15, 0.2) is 42.5 Å². The van der Waals surface area contributed by atoms with Gasteiger partial charge in [-0.1, -0.05) is 35.9 Å². The van der Waals surface area contributed by atoms with Crippen molar-refractivity contribution >= 4 is 11.0 Å². The molecule has 2 atom stereocenters. The van der Waals surface area contributed by atoms with E-state index in [1.165, 1.54) is 31.2 Å². The molecule has 2 nitrogen and oxygen atoms in total. The molecular weight excluding hydrogens is 311 g/mol. The third kappa shape index (κ3) is 4.20. The lowest BCUT2D eigenvalue weighted by atomic mass is 9.84. The minimum Gasteiger partial charge on any atom is -0.242 e. The third-order valence-electron chi connectivity index (χ3n) is 3.14. The number of alkyl halides is 3. The lowest BCUT2D eigenvalue weighted by Gasteiger charge is -2.38. The minimum atomic E-state index is -4.62. The van der Waals surface area contributed by atoms with Gasteiger partial charge in [0.05, 0.1) is 15.7 Å². The standard InChI is InChI=1S/C16H22F3NOS/c1-12(2)11-15(16(17,18)19,13-9-7-6-8-10-13)20-22(21)14(3,4)5/h6-10,20H,1,11H2,2-5H3/t15-,22?/m0/s1. The number of hydrogen-bond acceptors (Lipinski definition) is 1. The zero-order valence-corrected chi connectivity index (χ0v) is 14.1. The molecule has 0 saturated carbocycles. The monoisotopic (exact) mass is 333 g/mol. The summed E-state index contributed by atoms with van der Waals surface area (Å²) in [5.41, 5.74) is -2.03. The van der Waals surface area contributed by atoms with Crippen molar-refractivity contribution in [3.05, 3.63) is 48.0 Å². The van der Waals surface area contributed by atoms with E-state index in [-0.39, 0.29) is 12.0 Å². The van der Waals surface area contributed by atoms with Gasteiger partial charge in [-0.05, 0) is 39.7 Å². The van der Waals surface area contributed by atoms with Crippen molar-refractivity contribution < 1.29 is 17.4 Å². The van der Waals surface area contributed by atoms with Crippen molar-refractivity contribution in [1.29, 1.82) is 0 Å². The summed E-state index contributed by atoms with van der Waals surface area (Å²) in [6.45, 7) is 10.0. The smallest absolute Gasteiger partial charge is 0.242 e. The van der Waals surface area contributed by atoms with Crippen LogP contribution in [0.2, 0.25) is 0 Å². The van der Waals surface area contributed by atoms with E-state index in [2.05, 4.69) is 11.3 Å². The van der Waals surface area contributed by atoms with E-state index < -0.39 is 27.4 Å². The molecule has 124 valence electrons. The lowest BCUT2D eigenvalue weighted by molar-refractivity contribution is -0.194. The van der Waals surface area contributed by atoms with E-state index >= 15 is 0 Å². The van der Waals surface area contributed by atoms with Crippen LogP contribution in [-0.2, 0) is 16.5 Å². The summed E-state index contributed by atoms with van der Waals surface area (Å²) >= 11 is 0. The summed E-state index contributed by atoms with van der Waals surface area (Å²) in [7, 11) is -1.88. The first-order chi connectivity index (χ1) is 9.90. The van der Waals surface area contributed by atoms with E-state index in [4.69, 9.17) is 0 Å². The highest BCUT2D eigenvalue weighted by Gasteiger charge is 2.57. The van der Waals surface area contributed by atoms with Crippen LogP contribution in [0.5, 0.6) is 0 Å². The van der Waals surface area contributed by atoms with Crippen molar-refractivity contribution in [2.45, 2.75) is 50.6 Å². The van der Waals surface area contributed by atoms with Gasteiger partial charge < -0.3 is 0 Å². The molecule has 6 heteroatoms. The van der Waals surface area contributed by atoms with E-state index in [0.29, 0.717) is 5.57 Å². The third-order valence-corrected chi connectivity index (χ3v) is 4.79. The van der Waals surface area contributed by atoms with Gasteiger partial charge in [0.2, 0.25) is 0 Å². The number of hydrogen-bond donors (Lipinski definition) is 1. The molecule has 0 aromatic heterocycles. The first-order valence-corrected chi connectivity index (χ1v) is 8.01. The minimum absolute atomic E-state index is 0.0306. The van der Waals surface area contributed by atoms with Gasteiger partial charge in [-0.15, -0.1) is 6.58 Å². The second kappa shape index (κ2) is 6.54. The summed E-state index contributed by atoms with van der Waals surface area (Å²) in [6, 6.07) is 7.50. The van der Waals surface area contributed by atoms with Crippen molar-refractivity contribution in [2.75, 3.05) is 0 Å². The van der Waals surface area contributed by atoms with Gasteiger partial charge in [-0.3, -0.25) is 0 Å². The van der Waals surface area contributed by atoms with Crippen molar-refractivity contribution in [1.82, 2.24) is 4.72 Å². The van der Waals surface area contributed by atoms with Gasteiger partial charge in [0.1, 0.15) is 0 Å². The topological polar surface area (TPSA) is 29.1 Å². The molecule has 1 N–H and O–H groups in total. The summed E-state index contributed by atoms with van der Waals surface area (Å²) in [5, 5.41) is 0. The molecule has 0 heterocycles. The second-order valence-corrected chi connectivity index (χ2v) is 8.35.